The maximum Gasteiger partial charge on any atom is 0.308 e. The molecule has 0 saturated carbocycles. The number of H-pyrrole nitrogens is 1. The van der Waals surface area contributed by atoms with Crippen molar-refractivity contribution in [2.75, 3.05) is 0 Å². The van der Waals surface area contributed by atoms with Crippen molar-refractivity contribution in [3.8, 4) is 11.5 Å². The second-order valence-electron chi connectivity index (χ2n) is 4.41. The highest BCUT2D eigenvalue weighted by Gasteiger charge is 2.14. The monoisotopic (exact) mass is 273 g/mol. The molecule has 6 nitrogen and oxygen atoms in total. The minimum atomic E-state index is -1.06. The molecular weight excluding hydrogens is 258 g/mol. The van der Waals surface area contributed by atoms with E-state index in [9.17, 15) is 9.59 Å². The minimum absolute atomic E-state index is 0.176. The van der Waals surface area contributed by atoms with E-state index in [-0.39, 0.29) is 12.0 Å². The first kappa shape index (κ1) is 13.9. The molecule has 0 radical (unpaired) electrons. The third-order valence-electron chi connectivity index (χ3n) is 3.05. The van der Waals surface area contributed by atoms with Crippen LogP contribution < -0.4 is 5.56 Å². The molecule has 0 spiro atoms. The van der Waals surface area contributed by atoms with Crippen molar-refractivity contribution in [3.63, 3.8) is 0 Å². The number of aromatic nitrogens is 3. The third kappa shape index (κ3) is 2.74. The molecule has 2 aromatic heterocycles. The van der Waals surface area contributed by atoms with Gasteiger partial charge in [-0.15, -0.1) is 0 Å². The number of carbonyl (C=O) groups is 1. The summed E-state index contributed by atoms with van der Waals surface area (Å²) in [5.41, 5.74) is 1.76. The summed E-state index contributed by atoms with van der Waals surface area (Å²) < 4.78 is 0. The van der Waals surface area contributed by atoms with Crippen LogP contribution in [0.5, 0.6) is 0 Å². The molecule has 2 rings (SSSR count). The molecule has 0 aromatic carbocycles. The molecule has 0 aliphatic rings. The predicted octanol–water partition coefficient (Wildman–Crippen LogP) is 1.33. The summed E-state index contributed by atoms with van der Waals surface area (Å²) in [6.07, 6.45) is 2.06. The lowest BCUT2D eigenvalue weighted by atomic mass is 10.1. The van der Waals surface area contributed by atoms with E-state index in [0.29, 0.717) is 17.2 Å². The molecule has 104 valence electrons. The summed E-state index contributed by atoms with van der Waals surface area (Å²) in [7, 11) is 0. The van der Waals surface area contributed by atoms with E-state index in [4.69, 9.17) is 5.11 Å². The van der Waals surface area contributed by atoms with E-state index in [2.05, 4.69) is 15.0 Å². The lowest BCUT2D eigenvalue weighted by Crippen LogP contribution is -2.20. The van der Waals surface area contributed by atoms with Gasteiger partial charge in [0.05, 0.1) is 6.42 Å². The van der Waals surface area contributed by atoms with Gasteiger partial charge in [-0.1, -0.05) is 13.0 Å². The molecule has 0 aliphatic heterocycles. The standard InChI is InChI=1S/C14H15N3O3/c1-3-9-5-4-6-15-12(9)13-16-8(2)10(7-11(18)19)14(20)17-13/h4-6H,3,7H2,1-2H3,(H,18,19)(H,16,17,20). The van der Waals surface area contributed by atoms with Gasteiger partial charge in [-0.2, -0.15) is 0 Å². The molecule has 0 atom stereocenters. The Labute approximate surface area is 115 Å². The molecule has 2 aromatic rings. The lowest BCUT2D eigenvalue weighted by molar-refractivity contribution is -0.136. The van der Waals surface area contributed by atoms with E-state index in [0.717, 1.165) is 12.0 Å². The molecule has 0 saturated heterocycles. The third-order valence-corrected chi connectivity index (χ3v) is 3.05. The van der Waals surface area contributed by atoms with Crippen molar-refractivity contribution in [2.24, 2.45) is 0 Å². The molecule has 0 bridgehead atoms. The van der Waals surface area contributed by atoms with Gasteiger partial charge in [-0.05, 0) is 25.0 Å². The van der Waals surface area contributed by atoms with Crippen LogP contribution in [0.25, 0.3) is 11.5 Å². The number of rotatable bonds is 4. The fourth-order valence-corrected chi connectivity index (χ4v) is 2.02. The highest BCUT2D eigenvalue weighted by molar-refractivity contribution is 5.70. The number of nitrogens with one attached hydrogen (secondary N) is 1. The Morgan fingerprint density at radius 3 is 2.80 bits per heavy atom. The van der Waals surface area contributed by atoms with Crippen molar-refractivity contribution in [1.29, 1.82) is 0 Å². The van der Waals surface area contributed by atoms with Crippen molar-refractivity contribution in [2.45, 2.75) is 26.7 Å². The normalized spacial score (nSPS) is 10.5. The number of hydrogen-bond acceptors (Lipinski definition) is 4. The van der Waals surface area contributed by atoms with Crippen LogP contribution in [0.4, 0.5) is 0 Å². The van der Waals surface area contributed by atoms with Gasteiger partial charge in [0.1, 0.15) is 5.69 Å². The zero-order valence-corrected chi connectivity index (χ0v) is 11.3. The van der Waals surface area contributed by atoms with Crippen LogP contribution in [0.2, 0.25) is 0 Å². The fraction of sp³-hybridized carbons (Fsp3) is 0.286. The first-order valence-corrected chi connectivity index (χ1v) is 6.28. The second kappa shape index (κ2) is 5.64. The van der Waals surface area contributed by atoms with Crippen LogP contribution in [-0.4, -0.2) is 26.0 Å². The number of pyridine rings is 1. The Kier molecular flexibility index (Phi) is 3.93. The molecule has 2 N–H and O–H groups in total. The van der Waals surface area contributed by atoms with Crippen LogP contribution in [-0.2, 0) is 17.6 Å². The summed E-state index contributed by atoms with van der Waals surface area (Å²) >= 11 is 0. The van der Waals surface area contributed by atoms with Gasteiger partial charge in [0.15, 0.2) is 5.82 Å². The van der Waals surface area contributed by atoms with Crippen molar-refractivity contribution in [1.82, 2.24) is 15.0 Å². The Morgan fingerprint density at radius 1 is 1.45 bits per heavy atom. The van der Waals surface area contributed by atoms with Gasteiger partial charge < -0.3 is 10.1 Å². The quantitative estimate of drug-likeness (QED) is 0.876. The van der Waals surface area contributed by atoms with E-state index >= 15 is 0 Å². The zero-order valence-electron chi connectivity index (χ0n) is 11.3. The van der Waals surface area contributed by atoms with Crippen LogP contribution in [0.15, 0.2) is 23.1 Å². The molecule has 0 unspecified atom stereocenters. The Balaban J connectivity index is 2.55. The van der Waals surface area contributed by atoms with Crippen molar-refractivity contribution >= 4 is 5.97 Å². The number of aromatic amines is 1. The Hall–Kier alpha value is -2.50. The van der Waals surface area contributed by atoms with Gasteiger partial charge in [0.25, 0.3) is 5.56 Å². The van der Waals surface area contributed by atoms with Gasteiger partial charge in [0.2, 0.25) is 0 Å². The minimum Gasteiger partial charge on any atom is -0.481 e. The average Bonchev–Trinajstić information content (AvgIpc) is 2.42. The number of carboxylic acid groups (broad SMARTS) is 1. The first-order chi connectivity index (χ1) is 9.52. The number of nitrogens with zero attached hydrogens (tertiary/aromatic N) is 2. The van der Waals surface area contributed by atoms with Gasteiger partial charge in [-0.3, -0.25) is 14.6 Å². The van der Waals surface area contributed by atoms with Crippen LogP contribution in [0.1, 0.15) is 23.7 Å². The van der Waals surface area contributed by atoms with Crippen molar-refractivity contribution in [3.05, 3.63) is 45.5 Å². The van der Waals surface area contributed by atoms with Crippen LogP contribution >= 0.6 is 0 Å². The summed E-state index contributed by atoms with van der Waals surface area (Å²) in [6.45, 7) is 3.62. The molecular formula is C14H15N3O3. The average molecular weight is 273 g/mol. The summed E-state index contributed by atoms with van der Waals surface area (Å²) in [6, 6.07) is 3.74. The number of aliphatic carboxylic acids is 1. The highest BCUT2D eigenvalue weighted by Crippen LogP contribution is 2.17. The maximum atomic E-state index is 12.0. The van der Waals surface area contributed by atoms with Gasteiger partial charge in [-0.25, -0.2) is 4.98 Å². The lowest BCUT2D eigenvalue weighted by Gasteiger charge is -2.08. The summed E-state index contributed by atoms with van der Waals surface area (Å²) in [5.74, 6) is -0.681. The second-order valence-corrected chi connectivity index (χ2v) is 4.41. The molecule has 0 fully saturated rings. The zero-order chi connectivity index (χ0) is 14.7. The molecule has 20 heavy (non-hydrogen) atoms. The van der Waals surface area contributed by atoms with E-state index in [1.165, 1.54) is 0 Å². The van der Waals surface area contributed by atoms with Crippen LogP contribution in [0.3, 0.4) is 0 Å². The maximum absolute atomic E-state index is 12.0. The van der Waals surface area contributed by atoms with Gasteiger partial charge >= 0.3 is 5.97 Å². The molecule has 0 amide bonds. The number of carboxylic acids is 1. The van der Waals surface area contributed by atoms with Crippen LogP contribution in [0, 0.1) is 6.92 Å². The highest BCUT2D eigenvalue weighted by atomic mass is 16.4. The predicted molar refractivity (Wildman–Crippen MR) is 73.5 cm³/mol. The fourth-order valence-electron chi connectivity index (χ4n) is 2.02. The largest absolute Gasteiger partial charge is 0.481 e. The van der Waals surface area contributed by atoms with Gasteiger partial charge in [0, 0.05) is 17.5 Å². The number of aryl methyl sites for hydroxylation is 2. The molecule has 6 heteroatoms. The van der Waals surface area contributed by atoms with E-state index in [1.807, 2.05) is 19.1 Å². The smallest absolute Gasteiger partial charge is 0.308 e. The molecule has 0 aliphatic carbocycles. The Bertz CT molecular complexity index is 707. The Morgan fingerprint density at radius 2 is 2.20 bits per heavy atom. The van der Waals surface area contributed by atoms with Crippen molar-refractivity contribution < 1.29 is 9.90 Å². The summed E-state index contributed by atoms with van der Waals surface area (Å²) in [4.78, 5) is 33.9. The SMILES string of the molecule is CCc1cccnc1-c1nc(C)c(CC(=O)O)c(=O)[nH]1. The molecule has 2 heterocycles. The topological polar surface area (TPSA) is 95.9 Å². The van der Waals surface area contributed by atoms with E-state index < -0.39 is 11.5 Å². The first-order valence-electron chi connectivity index (χ1n) is 6.28. The number of hydrogen-bond donors (Lipinski definition) is 2. The summed E-state index contributed by atoms with van der Waals surface area (Å²) in [5, 5.41) is 8.79. The van der Waals surface area contributed by atoms with E-state index in [1.54, 1.807) is 13.1 Å².